The van der Waals surface area contributed by atoms with Crippen LogP contribution in [0, 0.1) is 0 Å². The van der Waals surface area contributed by atoms with Gasteiger partial charge in [0.2, 0.25) is 11.8 Å². The summed E-state index contributed by atoms with van der Waals surface area (Å²) in [7, 11) is 8.00. The summed E-state index contributed by atoms with van der Waals surface area (Å²) in [6, 6.07) is 0. The summed E-state index contributed by atoms with van der Waals surface area (Å²) in [5.74, 6) is -0.479. The van der Waals surface area contributed by atoms with Gasteiger partial charge in [-0.05, 0) is 66.6 Å². The molecule has 0 atom stereocenters. The third-order valence-corrected chi connectivity index (χ3v) is 2.70. The highest BCUT2D eigenvalue weighted by Crippen LogP contribution is 2.00. The lowest BCUT2D eigenvalue weighted by Gasteiger charge is -2.08. The van der Waals surface area contributed by atoms with Gasteiger partial charge in [0.25, 0.3) is 0 Å². The molecule has 0 bridgehead atoms. The largest absolute Gasteiger partial charge is 0.366 e. The van der Waals surface area contributed by atoms with Crippen LogP contribution in [0.5, 0.6) is 0 Å². The highest BCUT2D eigenvalue weighted by atomic mass is 16.1. The summed E-state index contributed by atoms with van der Waals surface area (Å²) >= 11 is 0. The molecule has 0 radical (unpaired) electrons. The average Bonchev–Trinajstić information content (AvgIpc) is 2.43. The third-order valence-electron chi connectivity index (χ3n) is 2.70. The summed E-state index contributed by atoms with van der Waals surface area (Å²) < 4.78 is 0. The predicted molar refractivity (Wildman–Crippen MR) is 92.5 cm³/mol. The Labute approximate surface area is 135 Å². The summed E-state index contributed by atoms with van der Waals surface area (Å²) in [6.45, 7) is 9.60. The second-order valence-corrected chi connectivity index (χ2v) is 5.53. The van der Waals surface area contributed by atoms with Gasteiger partial charge in [-0.25, -0.2) is 0 Å². The van der Waals surface area contributed by atoms with Crippen LogP contribution < -0.4 is 11.1 Å². The molecule has 2 amide bonds. The van der Waals surface area contributed by atoms with Gasteiger partial charge in [0, 0.05) is 12.1 Å². The zero-order valence-electron chi connectivity index (χ0n) is 14.5. The van der Waals surface area contributed by atoms with Crippen LogP contribution in [0.1, 0.15) is 19.3 Å². The highest BCUT2D eigenvalue weighted by Gasteiger charge is 2.00. The van der Waals surface area contributed by atoms with Crippen molar-refractivity contribution in [2.45, 2.75) is 19.3 Å². The first-order valence-corrected chi connectivity index (χ1v) is 7.38. The van der Waals surface area contributed by atoms with Crippen LogP contribution in [0.2, 0.25) is 0 Å². The van der Waals surface area contributed by atoms with E-state index in [1.54, 1.807) is 0 Å². The number of primary amides is 1. The maximum Gasteiger partial charge on any atom is 0.244 e. The molecule has 0 spiro atoms. The first-order chi connectivity index (χ1) is 10.2. The number of rotatable bonds is 10. The summed E-state index contributed by atoms with van der Waals surface area (Å²) in [5.41, 5.74) is 5.52. The normalized spacial score (nSPS) is 9.91. The predicted octanol–water partition coefficient (Wildman–Crippen LogP) is 0.610. The minimum atomic E-state index is -0.385. The minimum Gasteiger partial charge on any atom is -0.366 e. The van der Waals surface area contributed by atoms with Crippen molar-refractivity contribution >= 4 is 11.8 Å². The van der Waals surface area contributed by atoms with Crippen LogP contribution in [-0.4, -0.2) is 69.4 Å². The molecule has 0 aromatic heterocycles. The Kier molecular flexibility index (Phi) is 14.7. The molecule has 0 unspecified atom stereocenters. The molecule has 0 saturated heterocycles. The molecule has 3 N–H and O–H groups in total. The zero-order valence-corrected chi connectivity index (χ0v) is 14.5. The second kappa shape index (κ2) is 14.3. The lowest BCUT2D eigenvalue weighted by Crippen LogP contribution is -2.25. The monoisotopic (exact) mass is 312 g/mol. The van der Waals surface area contributed by atoms with Crippen molar-refractivity contribution < 1.29 is 9.59 Å². The Balaban J connectivity index is 0. The lowest BCUT2D eigenvalue weighted by atomic mass is 10.1. The topological polar surface area (TPSA) is 78.7 Å². The molecule has 6 heteroatoms. The molecule has 0 aromatic carbocycles. The Bertz CT molecular complexity index is 350. The fraction of sp³-hybridized carbons (Fsp3) is 0.625. The number of hydrogen-bond acceptors (Lipinski definition) is 4. The van der Waals surface area contributed by atoms with E-state index in [1.807, 2.05) is 28.2 Å². The summed E-state index contributed by atoms with van der Waals surface area (Å²) in [6.07, 6.45) is 3.91. The maximum absolute atomic E-state index is 10.6. The SMILES string of the molecule is C=C(CCCN(C)C)C(N)=O.C=CC(=O)NCCCN(C)C. The van der Waals surface area contributed by atoms with Crippen LogP contribution >= 0.6 is 0 Å². The van der Waals surface area contributed by atoms with E-state index in [-0.39, 0.29) is 11.8 Å². The quantitative estimate of drug-likeness (QED) is 0.458. The van der Waals surface area contributed by atoms with E-state index in [9.17, 15) is 9.59 Å². The van der Waals surface area contributed by atoms with Crippen molar-refractivity contribution in [1.29, 1.82) is 0 Å². The van der Waals surface area contributed by atoms with E-state index in [1.165, 1.54) is 6.08 Å². The van der Waals surface area contributed by atoms with Crippen molar-refractivity contribution in [3.63, 3.8) is 0 Å². The molecule has 0 fully saturated rings. The molecule has 0 rings (SSSR count). The Morgan fingerprint density at radius 3 is 2.00 bits per heavy atom. The van der Waals surface area contributed by atoms with Crippen LogP contribution in [0.15, 0.2) is 24.8 Å². The highest BCUT2D eigenvalue weighted by molar-refractivity contribution is 5.91. The van der Waals surface area contributed by atoms with Crippen molar-refractivity contribution in [3.8, 4) is 0 Å². The average molecular weight is 312 g/mol. The maximum atomic E-state index is 10.6. The molecule has 128 valence electrons. The molecule has 0 heterocycles. The van der Waals surface area contributed by atoms with Crippen LogP contribution in [0.25, 0.3) is 0 Å². The number of nitrogens with two attached hydrogens (primary N) is 1. The first kappa shape index (κ1) is 22.6. The first-order valence-electron chi connectivity index (χ1n) is 7.38. The fourth-order valence-electron chi connectivity index (χ4n) is 1.41. The molecular formula is C16H32N4O2. The molecule has 22 heavy (non-hydrogen) atoms. The lowest BCUT2D eigenvalue weighted by molar-refractivity contribution is -0.116. The Morgan fingerprint density at radius 2 is 1.59 bits per heavy atom. The molecule has 0 aromatic rings. The molecular weight excluding hydrogens is 280 g/mol. The van der Waals surface area contributed by atoms with Crippen LogP contribution in [0.3, 0.4) is 0 Å². The van der Waals surface area contributed by atoms with Gasteiger partial charge < -0.3 is 20.9 Å². The molecule has 0 saturated carbocycles. The molecule has 0 aliphatic heterocycles. The van der Waals surface area contributed by atoms with Gasteiger partial charge in [-0.2, -0.15) is 0 Å². The van der Waals surface area contributed by atoms with Crippen LogP contribution in [-0.2, 0) is 9.59 Å². The van der Waals surface area contributed by atoms with Gasteiger partial charge in [0.05, 0.1) is 0 Å². The summed E-state index contributed by atoms with van der Waals surface area (Å²) in [5, 5.41) is 2.70. The van der Waals surface area contributed by atoms with E-state index in [0.717, 1.165) is 32.5 Å². The summed E-state index contributed by atoms with van der Waals surface area (Å²) in [4.78, 5) is 25.2. The molecule has 0 aliphatic rings. The zero-order chi connectivity index (χ0) is 17.5. The Hall–Kier alpha value is -1.66. The smallest absolute Gasteiger partial charge is 0.244 e. The van der Waals surface area contributed by atoms with Crippen LogP contribution in [0.4, 0.5) is 0 Å². The molecule has 6 nitrogen and oxygen atoms in total. The number of hydrogen-bond donors (Lipinski definition) is 2. The Morgan fingerprint density at radius 1 is 1.09 bits per heavy atom. The van der Waals surface area contributed by atoms with E-state index >= 15 is 0 Å². The fourth-order valence-corrected chi connectivity index (χ4v) is 1.41. The van der Waals surface area contributed by atoms with Crippen molar-refractivity contribution in [1.82, 2.24) is 15.1 Å². The van der Waals surface area contributed by atoms with E-state index < -0.39 is 0 Å². The number of carbonyl (C=O) groups is 2. The van der Waals surface area contributed by atoms with Crippen molar-refractivity contribution in [2.75, 3.05) is 47.8 Å². The van der Waals surface area contributed by atoms with Crippen molar-refractivity contribution in [2.24, 2.45) is 5.73 Å². The number of nitrogens with zero attached hydrogens (tertiary/aromatic N) is 2. The number of carbonyl (C=O) groups excluding carboxylic acids is 2. The van der Waals surface area contributed by atoms with E-state index in [2.05, 4.69) is 28.3 Å². The van der Waals surface area contributed by atoms with Crippen molar-refractivity contribution in [3.05, 3.63) is 24.8 Å². The minimum absolute atomic E-state index is 0.0937. The van der Waals surface area contributed by atoms with Gasteiger partial charge >= 0.3 is 0 Å². The van der Waals surface area contributed by atoms with Gasteiger partial charge in [0.15, 0.2) is 0 Å². The van der Waals surface area contributed by atoms with Gasteiger partial charge in [-0.15, -0.1) is 0 Å². The third kappa shape index (κ3) is 18.3. The van der Waals surface area contributed by atoms with Gasteiger partial charge in [-0.3, -0.25) is 9.59 Å². The second-order valence-electron chi connectivity index (χ2n) is 5.53. The van der Waals surface area contributed by atoms with E-state index in [4.69, 9.17) is 5.73 Å². The standard InChI is InChI=1S/2C8H16N2O/c1-7(8(9)11)5-4-6-10(2)3;1-4-8(11)9-6-5-7-10(2)3/h1,4-6H2,2-3H3,(H2,9,11);4H,1,5-7H2,2-3H3,(H,9,11). The number of amides is 2. The van der Waals surface area contributed by atoms with Gasteiger partial charge in [-0.1, -0.05) is 13.2 Å². The molecule has 0 aliphatic carbocycles. The van der Waals surface area contributed by atoms with Gasteiger partial charge in [0.1, 0.15) is 0 Å². The van der Waals surface area contributed by atoms with E-state index in [0.29, 0.717) is 12.0 Å². The number of nitrogens with one attached hydrogen (secondary N) is 1.